The summed E-state index contributed by atoms with van der Waals surface area (Å²) in [7, 11) is 0. The Kier molecular flexibility index (Phi) is 4.79. The van der Waals surface area contributed by atoms with Gasteiger partial charge in [-0.2, -0.15) is 5.10 Å². The van der Waals surface area contributed by atoms with E-state index in [2.05, 4.69) is 10.4 Å². The molecule has 0 saturated heterocycles. The third kappa shape index (κ3) is 4.38. The molecule has 1 aromatic heterocycles. The van der Waals surface area contributed by atoms with E-state index in [1.807, 2.05) is 51.1 Å². The fraction of sp³-hybridized carbons (Fsp3) is 0.526. The summed E-state index contributed by atoms with van der Waals surface area (Å²) in [5.41, 5.74) is 0.658. The molecule has 1 aromatic carbocycles. The van der Waals surface area contributed by atoms with Crippen LogP contribution in [0, 0.1) is 5.41 Å². The van der Waals surface area contributed by atoms with Gasteiger partial charge in [0.15, 0.2) is 0 Å². The van der Waals surface area contributed by atoms with E-state index < -0.39 is 0 Å². The molecule has 0 atom stereocenters. The molecular weight excluding hydrogens is 316 g/mol. The Hall–Kier alpha value is -2.37. The van der Waals surface area contributed by atoms with Gasteiger partial charge in [0.2, 0.25) is 5.91 Å². The van der Waals surface area contributed by atoms with E-state index in [0.29, 0.717) is 25.4 Å². The first-order valence-electron chi connectivity index (χ1n) is 8.87. The van der Waals surface area contributed by atoms with Crippen LogP contribution in [0.25, 0.3) is 5.69 Å². The molecule has 0 bridgehead atoms. The van der Waals surface area contributed by atoms with Crippen molar-refractivity contribution in [2.24, 2.45) is 5.41 Å². The molecule has 1 amide bonds. The van der Waals surface area contributed by atoms with Gasteiger partial charge in [0.1, 0.15) is 5.82 Å². The number of carbonyl (C=O) groups is 1. The molecule has 6 heteroatoms. The summed E-state index contributed by atoms with van der Waals surface area (Å²) < 4.78 is 3.17. The topological polar surface area (TPSA) is 68.9 Å². The van der Waals surface area contributed by atoms with Crippen LogP contribution >= 0.6 is 0 Å². The van der Waals surface area contributed by atoms with Crippen molar-refractivity contribution in [3.05, 3.63) is 46.6 Å². The van der Waals surface area contributed by atoms with Crippen molar-refractivity contribution in [2.75, 3.05) is 6.54 Å². The maximum atomic E-state index is 12.8. The van der Waals surface area contributed by atoms with Crippen LogP contribution in [0.1, 0.15) is 51.8 Å². The Labute approximate surface area is 147 Å². The van der Waals surface area contributed by atoms with Crippen molar-refractivity contribution in [1.29, 1.82) is 0 Å². The highest BCUT2D eigenvalue weighted by molar-refractivity contribution is 5.76. The van der Waals surface area contributed by atoms with Gasteiger partial charge in [-0.15, -0.1) is 0 Å². The number of rotatable bonds is 6. The molecule has 1 aliphatic rings. The molecule has 3 rings (SSSR count). The molecule has 25 heavy (non-hydrogen) atoms. The smallest absolute Gasteiger partial charge is 0.350 e. The highest BCUT2D eigenvalue weighted by Crippen LogP contribution is 2.39. The van der Waals surface area contributed by atoms with Crippen LogP contribution in [0.5, 0.6) is 0 Å². The molecule has 2 aromatic rings. The van der Waals surface area contributed by atoms with Crippen molar-refractivity contribution < 1.29 is 4.79 Å². The lowest BCUT2D eigenvalue weighted by molar-refractivity contribution is -0.122. The quantitative estimate of drug-likeness (QED) is 0.877. The molecule has 1 N–H and O–H groups in total. The van der Waals surface area contributed by atoms with Gasteiger partial charge >= 0.3 is 5.69 Å². The van der Waals surface area contributed by atoms with Crippen molar-refractivity contribution in [2.45, 2.75) is 52.5 Å². The zero-order valence-electron chi connectivity index (χ0n) is 15.2. The van der Waals surface area contributed by atoms with Crippen LogP contribution in [-0.4, -0.2) is 26.8 Å². The number of nitrogens with one attached hydrogen (secondary N) is 1. The lowest BCUT2D eigenvalue weighted by atomic mass is 9.92. The Morgan fingerprint density at radius 1 is 1.24 bits per heavy atom. The van der Waals surface area contributed by atoms with Crippen molar-refractivity contribution >= 4 is 5.91 Å². The first kappa shape index (κ1) is 17.5. The van der Waals surface area contributed by atoms with Crippen molar-refractivity contribution in [3.63, 3.8) is 0 Å². The van der Waals surface area contributed by atoms with Crippen LogP contribution in [-0.2, 0) is 11.3 Å². The molecular formula is C19H26N4O2. The number of nitrogens with zero attached hydrogens (tertiary/aromatic N) is 3. The van der Waals surface area contributed by atoms with Gasteiger partial charge in [0.05, 0.1) is 12.2 Å². The second kappa shape index (κ2) is 6.86. The Morgan fingerprint density at radius 2 is 1.92 bits per heavy atom. The molecule has 1 fully saturated rings. The summed E-state index contributed by atoms with van der Waals surface area (Å²) in [6.07, 6.45) is 2.62. The molecule has 1 saturated carbocycles. The molecule has 0 spiro atoms. The lowest BCUT2D eigenvalue weighted by Crippen LogP contribution is -2.33. The summed E-state index contributed by atoms with van der Waals surface area (Å²) in [6, 6.07) is 9.61. The van der Waals surface area contributed by atoms with E-state index in [1.165, 1.54) is 4.68 Å². The van der Waals surface area contributed by atoms with Crippen LogP contribution in [0.2, 0.25) is 0 Å². The van der Waals surface area contributed by atoms with E-state index in [9.17, 15) is 9.59 Å². The minimum absolute atomic E-state index is 0.00505. The van der Waals surface area contributed by atoms with Crippen molar-refractivity contribution in [3.8, 4) is 5.69 Å². The highest BCUT2D eigenvalue weighted by atomic mass is 16.2. The van der Waals surface area contributed by atoms with E-state index >= 15 is 0 Å². The van der Waals surface area contributed by atoms with Gasteiger partial charge in [0, 0.05) is 18.9 Å². The average molecular weight is 342 g/mol. The average Bonchev–Trinajstić information content (AvgIpc) is 3.32. The van der Waals surface area contributed by atoms with Crippen LogP contribution in [0.15, 0.2) is 35.1 Å². The van der Waals surface area contributed by atoms with Gasteiger partial charge in [-0.3, -0.25) is 4.79 Å². The SMILES string of the molecule is CC(C)(C)CC(=O)NCCn1nc(C2CC2)n(-c2ccccc2)c1=O. The number of amides is 1. The van der Waals surface area contributed by atoms with Gasteiger partial charge in [0.25, 0.3) is 0 Å². The summed E-state index contributed by atoms with van der Waals surface area (Å²) in [6.45, 7) is 6.88. The van der Waals surface area contributed by atoms with Gasteiger partial charge < -0.3 is 5.32 Å². The molecule has 0 aliphatic heterocycles. The first-order chi connectivity index (χ1) is 11.8. The van der Waals surface area contributed by atoms with Crippen LogP contribution in [0.4, 0.5) is 0 Å². The normalized spacial score (nSPS) is 14.5. The maximum absolute atomic E-state index is 12.8. The zero-order valence-corrected chi connectivity index (χ0v) is 15.2. The van der Waals surface area contributed by atoms with Gasteiger partial charge in [-0.05, 0) is 30.4 Å². The molecule has 134 valence electrons. The fourth-order valence-corrected chi connectivity index (χ4v) is 2.84. The predicted molar refractivity (Wildman–Crippen MR) is 96.9 cm³/mol. The number of carbonyl (C=O) groups excluding carboxylic acids is 1. The largest absolute Gasteiger partial charge is 0.354 e. The number of hydrogen-bond acceptors (Lipinski definition) is 3. The van der Waals surface area contributed by atoms with E-state index in [1.54, 1.807) is 4.57 Å². The standard InChI is InChI=1S/C19H26N4O2/c1-19(2,3)13-16(24)20-11-12-22-18(25)23(15-7-5-4-6-8-15)17(21-22)14-9-10-14/h4-8,14H,9-13H2,1-3H3,(H,20,24). The summed E-state index contributed by atoms with van der Waals surface area (Å²) in [5.74, 6) is 1.20. The van der Waals surface area contributed by atoms with E-state index in [0.717, 1.165) is 24.4 Å². The maximum Gasteiger partial charge on any atom is 0.350 e. The molecule has 6 nitrogen and oxygen atoms in total. The number of para-hydroxylation sites is 1. The molecule has 1 heterocycles. The molecule has 0 radical (unpaired) electrons. The molecule has 1 aliphatic carbocycles. The lowest BCUT2D eigenvalue weighted by Gasteiger charge is -2.17. The third-order valence-corrected chi connectivity index (χ3v) is 4.16. The summed E-state index contributed by atoms with van der Waals surface area (Å²) in [5, 5.41) is 7.42. The fourth-order valence-electron chi connectivity index (χ4n) is 2.84. The Morgan fingerprint density at radius 3 is 2.52 bits per heavy atom. The predicted octanol–water partition coefficient (Wildman–Crippen LogP) is 2.46. The highest BCUT2D eigenvalue weighted by Gasteiger charge is 2.31. The minimum Gasteiger partial charge on any atom is -0.354 e. The first-order valence-corrected chi connectivity index (χ1v) is 8.87. The third-order valence-electron chi connectivity index (χ3n) is 4.16. The number of hydrogen-bond donors (Lipinski definition) is 1. The van der Waals surface area contributed by atoms with E-state index in [4.69, 9.17) is 0 Å². The second-order valence-corrected chi connectivity index (χ2v) is 7.90. The van der Waals surface area contributed by atoms with Crippen LogP contribution < -0.4 is 11.0 Å². The monoisotopic (exact) mass is 342 g/mol. The van der Waals surface area contributed by atoms with Crippen LogP contribution in [0.3, 0.4) is 0 Å². The number of benzene rings is 1. The van der Waals surface area contributed by atoms with Gasteiger partial charge in [-0.25, -0.2) is 14.0 Å². The van der Waals surface area contributed by atoms with Gasteiger partial charge in [-0.1, -0.05) is 39.0 Å². The number of aromatic nitrogens is 3. The van der Waals surface area contributed by atoms with E-state index in [-0.39, 0.29) is 17.0 Å². The summed E-state index contributed by atoms with van der Waals surface area (Å²) >= 11 is 0. The molecule has 0 unspecified atom stereocenters. The Bertz CT molecular complexity index is 795. The second-order valence-electron chi connectivity index (χ2n) is 7.90. The zero-order chi connectivity index (χ0) is 18.0. The summed E-state index contributed by atoms with van der Waals surface area (Å²) in [4.78, 5) is 24.7. The minimum atomic E-state index is -0.141. The van der Waals surface area contributed by atoms with Crippen molar-refractivity contribution in [1.82, 2.24) is 19.7 Å². The Balaban J connectivity index is 1.73.